The van der Waals surface area contributed by atoms with Crippen LogP contribution in [0.3, 0.4) is 0 Å². The van der Waals surface area contributed by atoms with Gasteiger partial charge in [0.25, 0.3) is 10.0 Å². The number of hydrogen-bond acceptors (Lipinski definition) is 6. The molecule has 0 spiro atoms. The average Bonchev–Trinajstić information content (AvgIpc) is 3.14. The first-order valence-electron chi connectivity index (χ1n) is 8.64. The summed E-state index contributed by atoms with van der Waals surface area (Å²) in [6.07, 6.45) is 3.77. The van der Waals surface area contributed by atoms with E-state index in [0.29, 0.717) is 23.7 Å². The molecule has 1 saturated heterocycles. The summed E-state index contributed by atoms with van der Waals surface area (Å²) in [5, 5.41) is 5.77. The van der Waals surface area contributed by atoms with E-state index in [1.807, 2.05) is 0 Å². The molecule has 1 aromatic heterocycles. The second-order valence-electron chi connectivity index (χ2n) is 6.26. The fraction of sp³-hybridized carbons (Fsp3) is 0.333. The summed E-state index contributed by atoms with van der Waals surface area (Å²) in [5.74, 6) is 0.441. The van der Waals surface area contributed by atoms with E-state index in [0.717, 1.165) is 19.4 Å². The van der Waals surface area contributed by atoms with Gasteiger partial charge in [-0.25, -0.2) is 13.4 Å². The third kappa shape index (κ3) is 5.41. The third-order valence-corrected chi connectivity index (χ3v) is 5.43. The number of carbonyl (C=O) groups is 1. The lowest BCUT2D eigenvalue weighted by Gasteiger charge is -2.12. The highest BCUT2D eigenvalue weighted by Crippen LogP contribution is 2.19. The molecule has 1 atom stereocenters. The van der Waals surface area contributed by atoms with Crippen molar-refractivity contribution in [1.82, 2.24) is 4.98 Å². The first kappa shape index (κ1) is 19.1. The van der Waals surface area contributed by atoms with Crippen molar-refractivity contribution in [3.05, 3.63) is 42.6 Å². The molecule has 8 nitrogen and oxygen atoms in total. The largest absolute Gasteiger partial charge is 0.376 e. The number of nitrogens with one attached hydrogen (secondary N) is 3. The second-order valence-corrected chi connectivity index (χ2v) is 7.94. The highest BCUT2D eigenvalue weighted by Gasteiger charge is 2.16. The number of carbonyl (C=O) groups excluding carboxylic acids is 1. The predicted molar refractivity (Wildman–Crippen MR) is 103 cm³/mol. The number of sulfonamides is 1. The van der Waals surface area contributed by atoms with Crippen molar-refractivity contribution in [3.8, 4) is 0 Å². The SMILES string of the molecule is CC(=O)Nc1ccc(S(=O)(=O)Nc2ccc(NCC3CCCO3)nc2)cc1. The topological polar surface area (TPSA) is 109 Å². The van der Waals surface area contributed by atoms with Crippen molar-refractivity contribution in [2.45, 2.75) is 30.8 Å². The van der Waals surface area contributed by atoms with Gasteiger partial charge in [-0.2, -0.15) is 0 Å². The molecule has 1 fully saturated rings. The van der Waals surface area contributed by atoms with Crippen molar-refractivity contribution < 1.29 is 17.9 Å². The smallest absolute Gasteiger partial charge is 0.261 e. The van der Waals surface area contributed by atoms with Crippen molar-refractivity contribution >= 4 is 33.1 Å². The third-order valence-electron chi connectivity index (χ3n) is 4.04. The van der Waals surface area contributed by atoms with E-state index in [2.05, 4.69) is 20.3 Å². The molecule has 1 aliphatic rings. The summed E-state index contributed by atoms with van der Waals surface area (Å²) >= 11 is 0. The van der Waals surface area contributed by atoms with Gasteiger partial charge >= 0.3 is 0 Å². The normalized spacial score (nSPS) is 16.7. The van der Waals surface area contributed by atoms with Crippen LogP contribution in [0, 0.1) is 0 Å². The first-order chi connectivity index (χ1) is 12.9. The Bertz CT molecular complexity index is 877. The standard InChI is InChI=1S/C18H22N4O4S/c1-13(23)21-14-4-7-17(8-5-14)27(24,25)22-15-6-9-18(19-11-15)20-12-16-3-2-10-26-16/h4-9,11,16,22H,2-3,10,12H2,1H3,(H,19,20)(H,21,23). The molecule has 0 radical (unpaired) electrons. The van der Waals surface area contributed by atoms with Crippen LogP contribution in [-0.4, -0.2) is 38.6 Å². The first-order valence-corrected chi connectivity index (χ1v) is 10.1. The molecule has 2 aromatic rings. The summed E-state index contributed by atoms with van der Waals surface area (Å²) in [7, 11) is -3.74. The molecule has 3 N–H and O–H groups in total. The maximum absolute atomic E-state index is 12.5. The molecular weight excluding hydrogens is 368 g/mol. The zero-order chi connectivity index (χ0) is 19.3. The Hall–Kier alpha value is -2.65. The second kappa shape index (κ2) is 8.36. The van der Waals surface area contributed by atoms with Gasteiger partial charge in [-0.15, -0.1) is 0 Å². The summed E-state index contributed by atoms with van der Waals surface area (Å²) < 4.78 is 32.9. The number of anilines is 3. The van der Waals surface area contributed by atoms with Gasteiger partial charge < -0.3 is 15.4 Å². The van der Waals surface area contributed by atoms with E-state index < -0.39 is 10.0 Å². The van der Waals surface area contributed by atoms with Crippen LogP contribution in [-0.2, 0) is 19.6 Å². The van der Waals surface area contributed by atoms with E-state index in [-0.39, 0.29) is 16.9 Å². The Labute approximate surface area is 158 Å². The Morgan fingerprint density at radius 3 is 2.52 bits per heavy atom. The maximum atomic E-state index is 12.5. The van der Waals surface area contributed by atoms with Gasteiger partial charge in [-0.1, -0.05) is 0 Å². The molecule has 144 valence electrons. The van der Waals surface area contributed by atoms with E-state index in [1.54, 1.807) is 12.1 Å². The van der Waals surface area contributed by atoms with Crippen LogP contribution in [0.2, 0.25) is 0 Å². The number of benzene rings is 1. The molecule has 9 heteroatoms. The van der Waals surface area contributed by atoms with Crippen LogP contribution in [0.4, 0.5) is 17.2 Å². The Balaban J connectivity index is 1.60. The molecular formula is C18H22N4O4S. The Kier molecular flexibility index (Phi) is 5.92. The lowest BCUT2D eigenvalue weighted by Crippen LogP contribution is -2.19. The van der Waals surface area contributed by atoms with E-state index in [9.17, 15) is 13.2 Å². The van der Waals surface area contributed by atoms with Gasteiger partial charge in [0.1, 0.15) is 5.82 Å². The lowest BCUT2D eigenvalue weighted by atomic mass is 10.2. The number of amides is 1. The number of nitrogens with zero attached hydrogens (tertiary/aromatic N) is 1. The number of ether oxygens (including phenoxy) is 1. The van der Waals surface area contributed by atoms with Crippen molar-refractivity contribution in [2.75, 3.05) is 28.5 Å². The van der Waals surface area contributed by atoms with Crippen LogP contribution >= 0.6 is 0 Å². The average molecular weight is 390 g/mol. The van der Waals surface area contributed by atoms with Gasteiger partial charge in [-0.05, 0) is 49.2 Å². The Morgan fingerprint density at radius 2 is 1.93 bits per heavy atom. The summed E-state index contributed by atoms with van der Waals surface area (Å²) in [6.45, 7) is 2.86. The van der Waals surface area contributed by atoms with Crippen LogP contribution in [0.1, 0.15) is 19.8 Å². The quantitative estimate of drug-likeness (QED) is 0.670. The molecule has 27 heavy (non-hydrogen) atoms. The van der Waals surface area contributed by atoms with Crippen LogP contribution in [0.5, 0.6) is 0 Å². The molecule has 2 heterocycles. The molecule has 1 unspecified atom stereocenters. The van der Waals surface area contributed by atoms with Gasteiger partial charge in [0.2, 0.25) is 5.91 Å². The molecule has 0 saturated carbocycles. The molecule has 0 bridgehead atoms. The molecule has 3 rings (SSSR count). The van der Waals surface area contributed by atoms with Crippen LogP contribution in [0.25, 0.3) is 0 Å². The van der Waals surface area contributed by atoms with E-state index in [1.165, 1.54) is 37.4 Å². The van der Waals surface area contributed by atoms with Gasteiger partial charge in [0.15, 0.2) is 0 Å². The van der Waals surface area contributed by atoms with Crippen molar-refractivity contribution in [2.24, 2.45) is 0 Å². The van der Waals surface area contributed by atoms with Crippen molar-refractivity contribution in [3.63, 3.8) is 0 Å². The minimum Gasteiger partial charge on any atom is -0.376 e. The molecule has 1 aliphatic heterocycles. The number of pyridine rings is 1. The zero-order valence-electron chi connectivity index (χ0n) is 14.9. The zero-order valence-corrected chi connectivity index (χ0v) is 15.8. The summed E-state index contributed by atoms with van der Waals surface area (Å²) in [6, 6.07) is 9.29. The molecule has 1 aromatic carbocycles. The summed E-state index contributed by atoms with van der Waals surface area (Å²) in [4.78, 5) is 15.3. The minimum atomic E-state index is -3.74. The fourth-order valence-electron chi connectivity index (χ4n) is 2.72. The van der Waals surface area contributed by atoms with E-state index in [4.69, 9.17) is 4.74 Å². The summed E-state index contributed by atoms with van der Waals surface area (Å²) in [5.41, 5.74) is 0.897. The number of aromatic nitrogens is 1. The van der Waals surface area contributed by atoms with Crippen LogP contribution < -0.4 is 15.4 Å². The molecule has 1 amide bonds. The predicted octanol–water partition coefficient (Wildman–Crippen LogP) is 2.43. The number of rotatable bonds is 7. The monoisotopic (exact) mass is 390 g/mol. The lowest BCUT2D eigenvalue weighted by molar-refractivity contribution is -0.114. The van der Waals surface area contributed by atoms with Gasteiger partial charge in [-0.3, -0.25) is 9.52 Å². The maximum Gasteiger partial charge on any atom is 0.261 e. The number of hydrogen-bond donors (Lipinski definition) is 3. The van der Waals surface area contributed by atoms with Gasteiger partial charge in [0.05, 0.1) is 22.9 Å². The van der Waals surface area contributed by atoms with E-state index >= 15 is 0 Å². The molecule has 0 aliphatic carbocycles. The van der Waals surface area contributed by atoms with Gasteiger partial charge in [0, 0.05) is 25.8 Å². The van der Waals surface area contributed by atoms with Crippen LogP contribution in [0.15, 0.2) is 47.5 Å². The minimum absolute atomic E-state index is 0.0946. The fourth-order valence-corrected chi connectivity index (χ4v) is 3.76. The van der Waals surface area contributed by atoms with Crippen molar-refractivity contribution in [1.29, 1.82) is 0 Å². The highest BCUT2D eigenvalue weighted by molar-refractivity contribution is 7.92. The highest BCUT2D eigenvalue weighted by atomic mass is 32.2. The Morgan fingerprint density at radius 1 is 1.19 bits per heavy atom.